The number of nitrogens with one attached hydrogen (secondary N) is 1. The molecule has 2 aliphatic rings. The molecule has 0 saturated carbocycles. The van der Waals surface area contributed by atoms with Gasteiger partial charge in [0.2, 0.25) is 13.6 Å². The van der Waals surface area contributed by atoms with Gasteiger partial charge in [0.1, 0.15) is 20.6 Å². The zero-order valence-electron chi connectivity index (χ0n) is 18.7. The Morgan fingerprint density at radius 2 is 1.11 bits per heavy atom. The number of pyridine rings is 2. The van der Waals surface area contributed by atoms with Gasteiger partial charge in [-0.15, -0.1) is 0 Å². The van der Waals surface area contributed by atoms with Gasteiger partial charge in [0.15, 0.2) is 23.0 Å². The summed E-state index contributed by atoms with van der Waals surface area (Å²) in [4.78, 5) is 7.64. The molecule has 0 spiro atoms. The number of nitrogen functional groups attached to an aromatic ring is 1. The molecule has 0 aliphatic carbocycles. The first-order valence-electron chi connectivity index (χ1n) is 10.4. The van der Waals surface area contributed by atoms with Crippen molar-refractivity contribution < 1.29 is 18.9 Å². The highest BCUT2D eigenvalue weighted by Gasteiger charge is 2.13. The van der Waals surface area contributed by atoms with Crippen LogP contribution >= 0.6 is 69.0 Å². The van der Waals surface area contributed by atoms with Crippen molar-refractivity contribution in [3.8, 4) is 23.0 Å². The summed E-state index contributed by atoms with van der Waals surface area (Å²) in [6, 6.07) is 17.8. The Hall–Kier alpha value is -2.57. The van der Waals surface area contributed by atoms with Gasteiger partial charge in [0.25, 0.3) is 0 Å². The number of hydrogen-bond donors (Lipinski definition) is 2. The van der Waals surface area contributed by atoms with Crippen LogP contribution in [0.2, 0.25) is 20.6 Å². The number of nitrogens with two attached hydrogens (primary N) is 1. The third-order valence-electron chi connectivity index (χ3n) is 4.55. The molecule has 6 rings (SSSR count). The number of hydrogen-bond acceptors (Lipinski definition) is 8. The SMILES string of the molecule is Clc1cc(I)cc(Cl)n1.Clc1cc(Nc2ccc3c(c2)OCO3)cc(Cl)n1.Nc1ccc2c(c1)OCO2. The van der Waals surface area contributed by atoms with E-state index in [1.807, 2.05) is 18.2 Å². The Balaban J connectivity index is 0.000000143. The lowest BCUT2D eigenvalue weighted by Gasteiger charge is -2.07. The molecule has 4 heterocycles. The Bertz CT molecular complexity index is 1340. The van der Waals surface area contributed by atoms with Crippen molar-refractivity contribution >= 4 is 86.1 Å². The number of fused-ring (bicyclic) bond motifs is 2. The quantitative estimate of drug-likeness (QED) is 0.124. The van der Waals surface area contributed by atoms with Gasteiger partial charge in [-0.3, -0.25) is 0 Å². The molecule has 0 saturated heterocycles. The fourth-order valence-corrected chi connectivity index (χ4v) is 4.91. The smallest absolute Gasteiger partial charge is 0.231 e. The maximum Gasteiger partial charge on any atom is 0.231 e. The summed E-state index contributed by atoms with van der Waals surface area (Å²) in [6.45, 7) is 0.560. The van der Waals surface area contributed by atoms with Crippen molar-refractivity contribution in [3.63, 3.8) is 0 Å². The van der Waals surface area contributed by atoms with Crippen LogP contribution in [0.5, 0.6) is 23.0 Å². The molecular weight excluding hydrogens is 677 g/mol. The minimum Gasteiger partial charge on any atom is -0.454 e. The molecule has 37 heavy (non-hydrogen) atoms. The van der Waals surface area contributed by atoms with Gasteiger partial charge in [0.05, 0.1) is 0 Å². The van der Waals surface area contributed by atoms with Crippen LogP contribution < -0.4 is 30.0 Å². The average Bonchev–Trinajstić information content (AvgIpc) is 3.47. The van der Waals surface area contributed by atoms with Gasteiger partial charge in [-0.1, -0.05) is 46.4 Å². The predicted molar refractivity (Wildman–Crippen MR) is 154 cm³/mol. The maximum absolute atomic E-state index is 5.83. The second-order valence-corrected chi connectivity index (χ2v) is 10.0. The van der Waals surface area contributed by atoms with Crippen LogP contribution in [0.4, 0.5) is 17.1 Å². The van der Waals surface area contributed by atoms with Gasteiger partial charge in [-0.2, -0.15) is 0 Å². The minimum absolute atomic E-state index is 0.256. The zero-order valence-corrected chi connectivity index (χ0v) is 23.9. The molecule has 13 heteroatoms. The van der Waals surface area contributed by atoms with Crippen molar-refractivity contribution in [2.24, 2.45) is 0 Å². The first-order chi connectivity index (χ1) is 17.7. The number of aromatic nitrogens is 2. The second-order valence-electron chi connectivity index (χ2n) is 7.24. The summed E-state index contributed by atoms with van der Waals surface area (Å²) >= 11 is 24.9. The molecule has 4 aromatic rings. The standard InChI is InChI=1S/C12H8Cl2N2O2.C7H7NO2.C5H2Cl2IN/c13-11-4-8(5-12(14)16-11)15-7-1-2-9-10(3-7)18-6-17-9;8-5-1-2-6-7(3-5)10-4-9-6;6-4-1-3(8)2-5(7)9-4/h1-5H,6H2,(H,15,16);1-3H,4,8H2;1-2H. The van der Waals surface area contributed by atoms with Gasteiger partial charge < -0.3 is 30.0 Å². The number of ether oxygens (including phenoxy) is 4. The molecule has 0 amide bonds. The number of benzene rings is 2. The number of rotatable bonds is 2. The molecule has 2 aliphatic heterocycles. The monoisotopic (exact) mass is 692 g/mol. The summed E-state index contributed by atoms with van der Waals surface area (Å²) < 4.78 is 21.7. The van der Waals surface area contributed by atoms with E-state index in [2.05, 4.69) is 37.9 Å². The van der Waals surface area contributed by atoms with Gasteiger partial charge in [-0.05, 0) is 71.1 Å². The van der Waals surface area contributed by atoms with E-state index >= 15 is 0 Å². The lowest BCUT2D eigenvalue weighted by Crippen LogP contribution is -1.93. The first-order valence-corrected chi connectivity index (χ1v) is 13.0. The fourth-order valence-electron chi connectivity index (χ4n) is 3.03. The second kappa shape index (κ2) is 12.8. The maximum atomic E-state index is 5.83. The third-order valence-corrected chi connectivity index (χ3v) is 5.95. The fraction of sp³-hybridized carbons (Fsp3) is 0.0833. The van der Waals surface area contributed by atoms with Crippen LogP contribution in [0, 0.1) is 3.57 Å². The van der Waals surface area contributed by atoms with Crippen molar-refractivity contribution in [3.05, 3.63) is 84.8 Å². The topological polar surface area (TPSA) is 101 Å². The van der Waals surface area contributed by atoms with Crippen molar-refractivity contribution in [1.29, 1.82) is 0 Å². The van der Waals surface area contributed by atoms with Crippen LogP contribution in [0.1, 0.15) is 0 Å². The molecule has 0 radical (unpaired) electrons. The molecule has 0 atom stereocenters. The van der Waals surface area contributed by atoms with E-state index in [4.69, 9.17) is 71.1 Å². The molecule has 0 unspecified atom stereocenters. The predicted octanol–water partition coefficient (Wildman–Crippen LogP) is 7.85. The van der Waals surface area contributed by atoms with Gasteiger partial charge in [-0.25, -0.2) is 9.97 Å². The van der Waals surface area contributed by atoms with Crippen molar-refractivity contribution in [2.45, 2.75) is 0 Å². The average molecular weight is 694 g/mol. The highest BCUT2D eigenvalue weighted by Crippen LogP contribution is 2.35. The number of anilines is 3. The molecule has 2 aromatic carbocycles. The summed E-state index contributed by atoms with van der Waals surface area (Å²) in [5.41, 5.74) is 7.82. The lowest BCUT2D eigenvalue weighted by molar-refractivity contribution is 0.173. The third kappa shape index (κ3) is 8.21. The summed E-state index contributed by atoms with van der Waals surface area (Å²) in [7, 11) is 0. The van der Waals surface area contributed by atoms with E-state index in [9.17, 15) is 0 Å². The highest BCUT2D eigenvalue weighted by molar-refractivity contribution is 14.1. The van der Waals surface area contributed by atoms with E-state index in [1.54, 1.807) is 42.5 Å². The highest BCUT2D eigenvalue weighted by atomic mass is 127. The molecule has 8 nitrogen and oxygen atoms in total. The van der Waals surface area contributed by atoms with E-state index < -0.39 is 0 Å². The summed E-state index contributed by atoms with van der Waals surface area (Å²) in [5, 5.41) is 4.72. The number of halogens is 5. The Morgan fingerprint density at radius 1 is 0.622 bits per heavy atom. The molecular formula is C24H17Cl4IN4O4. The van der Waals surface area contributed by atoms with Crippen LogP contribution in [0.15, 0.2) is 60.7 Å². The molecule has 0 bridgehead atoms. The largest absolute Gasteiger partial charge is 0.454 e. The molecule has 192 valence electrons. The summed E-state index contributed by atoms with van der Waals surface area (Å²) in [5.74, 6) is 2.96. The molecule has 2 aromatic heterocycles. The zero-order chi connectivity index (χ0) is 26.4. The van der Waals surface area contributed by atoms with Gasteiger partial charge in [0, 0.05) is 32.8 Å². The normalized spacial score (nSPS) is 12.1. The Morgan fingerprint density at radius 3 is 1.68 bits per heavy atom. The number of nitrogens with zero attached hydrogens (tertiary/aromatic N) is 2. The molecule has 0 fully saturated rings. The Labute approximate surface area is 246 Å². The minimum atomic E-state index is 0.256. The summed E-state index contributed by atoms with van der Waals surface area (Å²) in [6.07, 6.45) is 0. The van der Waals surface area contributed by atoms with Crippen molar-refractivity contribution in [1.82, 2.24) is 9.97 Å². The van der Waals surface area contributed by atoms with Crippen LogP contribution in [-0.2, 0) is 0 Å². The van der Waals surface area contributed by atoms with Gasteiger partial charge >= 0.3 is 0 Å². The van der Waals surface area contributed by atoms with E-state index in [0.717, 1.165) is 32.2 Å². The van der Waals surface area contributed by atoms with E-state index in [-0.39, 0.29) is 6.79 Å². The first kappa shape index (κ1) is 27.5. The van der Waals surface area contributed by atoms with Crippen molar-refractivity contribution in [2.75, 3.05) is 24.6 Å². The van der Waals surface area contributed by atoms with E-state index in [1.165, 1.54) is 0 Å². The molecule has 3 N–H and O–H groups in total. The van der Waals surface area contributed by atoms with Crippen LogP contribution in [-0.4, -0.2) is 23.6 Å². The van der Waals surface area contributed by atoms with E-state index in [0.29, 0.717) is 38.8 Å². The Kier molecular flexibility index (Phi) is 9.49. The lowest BCUT2D eigenvalue weighted by atomic mass is 10.2. The van der Waals surface area contributed by atoms with Crippen LogP contribution in [0.25, 0.3) is 0 Å². The van der Waals surface area contributed by atoms with Crippen LogP contribution in [0.3, 0.4) is 0 Å².